The van der Waals surface area contributed by atoms with Gasteiger partial charge in [0.1, 0.15) is 10.6 Å². The highest BCUT2D eigenvalue weighted by molar-refractivity contribution is 7.20. The third kappa shape index (κ3) is 3.90. The van der Waals surface area contributed by atoms with Gasteiger partial charge >= 0.3 is 0 Å². The summed E-state index contributed by atoms with van der Waals surface area (Å²) in [5.41, 5.74) is 7.65. The summed E-state index contributed by atoms with van der Waals surface area (Å²) in [5, 5.41) is 3.78. The molecule has 2 aromatic heterocycles. The number of aromatic nitrogens is 2. The molecule has 0 spiro atoms. The van der Waals surface area contributed by atoms with E-state index in [1.807, 2.05) is 54.6 Å². The van der Waals surface area contributed by atoms with Gasteiger partial charge < -0.3 is 20.5 Å². The number of carbonyl (C=O) groups is 1. The van der Waals surface area contributed by atoms with Gasteiger partial charge in [-0.3, -0.25) is 4.79 Å². The van der Waals surface area contributed by atoms with E-state index >= 15 is 0 Å². The lowest BCUT2D eigenvalue weighted by Crippen LogP contribution is -2.28. The van der Waals surface area contributed by atoms with Crippen molar-refractivity contribution in [3.8, 4) is 11.6 Å². The van der Waals surface area contributed by atoms with E-state index < -0.39 is 0 Å². The van der Waals surface area contributed by atoms with Crippen LogP contribution in [0, 0.1) is 0 Å². The Bertz CT molecular complexity index is 1180. The lowest BCUT2D eigenvalue weighted by Gasteiger charge is -2.20. The summed E-state index contributed by atoms with van der Waals surface area (Å²) in [4.78, 5) is 22.5. The van der Waals surface area contributed by atoms with Gasteiger partial charge in [0, 0.05) is 0 Å². The molecule has 7 nitrogen and oxygen atoms in total. The summed E-state index contributed by atoms with van der Waals surface area (Å²) >= 11 is 1.24. The minimum Gasteiger partial charge on any atom is -0.497 e. The Morgan fingerprint density at radius 3 is 2.37 bits per heavy atom. The van der Waals surface area contributed by atoms with Crippen molar-refractivity contribution in [3.05, 3.63) is 76.7 Å². The van der Waals surface area contributed by atoms with Crippen molar-refractivity contribution < 1.29 is 14.3 Å². The van der Waals surface area contributed by atoms with Gasteiger partial charge in [-0.1, -0.05) is 42.5 Å². The van der Waals surface area contributed by atoms with Gasteiger partial charge in [-0.25, -0.2) is 4.98 Å². The Morgan fingerprint density at radius 1 is 1.00 bits per heavy atom. The predicted octanol–water partition coefficient (Wildman–Crippen LogP) is 3.81. The molecule has 0 unspecified atom stereocenters. The molecule has 0 aliphatic carbocycles. The maximum Gasteiger partial charge on any atom is 0.262 e. The Labute approximate surface area is 177 Å². The van der Waals surface area contributed by atoms with Crippen LogP contribution in [-0.4, -0.2) is 30.1 Å². The molecule has 2 aromatic carbocycles. The van der Waals surface area contributed by atoms with Crippen LogP contribution in [0.15, 0.2) is 60.7 Å². The molecule has 0 fully saturated rings. The van der Waals surface area contributed by atoms with E-state index in [9.17, 15) is 4.79 Å². The molecule has 0 aliphatic rings. The van der Waals surface area contributed by atoms with Crippen LogP contribution in [0.25, 0.3) is 10.2 Å². The zero-order valence-electron chi connectivity index (χ0n) is 16.5. The molecule has 1 amide bonds. The quantitative estimate of drug-likeness (QED) is 0.492. The first kappa shape index (κ1) is 19.7. The highest BCUT2D eigenvalue weighted by Gasteiger charge is 2.21. The molecule has 0 radical (unpaired) electrons. The van der Waals surface area contributed by atoms with E-state index in [2.05, 4.69) is 15.3 Å². The van der Waals surface area contributed by atoms with Crippen LogP contribution in [0.3, 0.4) is 0 Å². The van der Waals surface area contributed by atoms with E-state index in [1.54, 1.807) is 13.2 Å². The molecule has 30 heavy (non-hydrogen) atoms. The van der Waals surface area contributed by atoms with Crippen LogP contribution >= 0.6 is 11.3 Å². The van der Waals surface area contributed by atoms with Crippen LogP contribution in [0.1, 0.15) is 26.8 Å². The number of amides is 1. The SMILES string of the molecule is COc1ccc([C@H](NC(=O)c2cc3c(OC)nc(N)nc3s2)c2ccccc2)cc1. The summed E-state index contributed by atoms with van der Waals surface area (Å²) in [6, 6.07) is 18.8. The largest absolute Gasteiger partial charge is 0.497 e. The normalized spacial score (nSPS) is 11.8. The number of nitrogens with zero attached hydrogens (tertiary/aromatic N) is 2. The van der Waals surface area contributed by atoms with Crippen LogP contribution in [0.2, 0.25) is 0 Å². The number of thiophene rings is 1. The number of nitrogen functional groups attached to an aromatic ring is 1. The fourth-order valence-electron chi connectivity index (χ4n) is 3.18. The number of carbonyl (C=O) groups excluding carboxylic acids is 1. The Kier molecular flexibility index (Phi) is 5.49. The fourth-order valence-corrected chi connectivity index (χ4v) is 4.11. The highest BCUT2D eigenvalue weighted by Crippen LogP contribution is 2.32. The number of nitrogens with one attached hydrogen (secondary N) is 1. The number of anilines is 1. The highest BCUT2D eigenvalue weighted by atomic mass is 32.1. The molecular formula is C22H20N4O3S. The van der Waals surface area contributed by atoms with Gasteiger partial charge in [0.2, 0.25) is 11.8 Å². The minimum atomic E-state index is -0.326. The van der Waals surface area contributed by atoms with E-state index in [4.69, 9.17) is 15.2 Å². The minimum absolute atomic E-state index is 0.105. The van der Waals surface area contributed by atoms with Crippen molar-refractivity contribution in [1.82, 2.24) is 15.3 Å². The molecular weight excluding hydrogens is 400 g/mol. The van der Waals surface area contributed by atoms with E-state index in [0.29, 0.717) is 21.0 Å². The standard InChI is InChI=1S/C22H20N4O3S/c1-28-15-10-8-14(9-11-15)18(13-6-4-3-5-7-13)24-19(27)17-12-16-20(29-2)25-22(23)26-21(16)30-17/h3-12,18H,1-2H3,(H,24,27)(H2,23,25,26)/t18-/m1/s1. The molecule has 8 heteroatoms. The number of hydrogen-bond acceptors (Lipinski definition) is 7. The van der Waals surface area contributed by atoms with Gasteiger partial charge in [0.15, 0.2) is 0 Å². The zero-order valence-corrected chi connectivity index (χ0v) is 17.3. The van der Waals surface area contributed by atoms with Crippen LogP contribution in [0.5, 0.6) is 11.6 Å². The first-order chi connectivity index (χ1) is 14.6. The Hall–Kier alpha value is -3.65. The molecule has 0 saturated carbocycles. The Balaban J connectivity index is 1.69. The molecule has 3 N–H and O–H groups in total. The zero-order chi connectivity index (χ0) is 21.1. The van der Waals surface area contributed by atoms with Crippen LogP contribution in [-0.2, 0) is 0 Å². The molecule has 152 valence electrons. The second-order valence-corrected chi connectivity index (χ2v) is 7.54. The van der Waals surface area contributed by atoms with Gasteiger partial charge in [-0.2, -0.15) is 4.98 Å². The molecule has 1 atom stereocenters. The molecule has 4 rings (SSSR count). The maximum atomic E-state index is 13.1. The van der Waals surface area contributed by atoms with Gasteiger partial charge in [0.05, 0.1) is 30.5 Å². The van der Waals surface area contributed by atoms with E-state index in [-0.39, 0.29) is 17.9 Å². The average molecular weight is 420 g/mol. The summed E-state index contributed by atoms with van der Waals surface area (Å²) < 4.78 is 10.5. The summed E-state index contributed by atoms with van der Waals surface area (Å²) in [6.45, 7) is 0. The number of nitrogens with two attached hydrogens (primary N) is 1. The fraction of sp³-hybridized carbons (Fsp3) is 0.136. The maximum absolute atomic E-state index is 13.1. The molecule has 2 heterocycles. The second-order valence-electron chi connectivity index (χ2n) is 6.51. The molecule has 0 bridgehead atoms. The van der Waals surface area contributed by atoms with Gasteiger partial charge in [-0.15, -0.1) is 11.3 Å². The third-order valence-electron chi connectivity index (χ3n) is 4.65. The van der Waals surface area contributed by atoms with Crippen LogP contribution < -0.4 is 20.5 Å². The predicted molar refractivity (Wildman–Crippen MR) is 117 cm³/mol. The average Bonchev–Trinajstić information content (AvgIpc) is 3.21. The monoisotopic (exact) mass is 420 g/mol. The second kappa shape index (κ2) is 8.38. The molecule has 0 aliphatic heterocycles. The third-order valence-corrected chi connectivity index (χ3v) is 5.68. The number of ether oxygens (including phenoxy) is 2. The summed E-state index contributed by atoms with van der Waals surface area (Å²) in [6.07, 6.45) is 0. The van der Waals surface area contributed by atoms with E-state index in [1.165, 1.54) is 18.4 Å². The van der Waals surface area contributed by atoms with Crippen molar-refractivity contribution in [2.45, 2.75) is 6.04 Å². The molecule has 4 aromatic rings. The van der Waals surface area contributed by atoms with Crippen molar-refractivity contribution >= 4 is 33.4 Å². The first-order valence-corrected chi connectivity index (χ1v) is 10.0. The lowest BCUT2D eigenvalue weighted by atomic mass is 9.98. The Morgan fingerprint density at radius 2 is 1.70 bits per heavy atom. The smallest absolute Gasteiger partial charge is 0.262 e. The van der Waals surface area contributed by atoms with Crippen molar-refractivity contribution in [3.63, 3.8) is 0 Å². The van der Waals surface area contributed by atoms with Crippen LogP contribution in [0.4, 0.5) is 5.95 Å². The number of hydrogen-bond donors (Lipinski definition) is 2. The van der Waals surface area contributed by atoms with Crippen molar-refractivity contribution in [2.75, 3.05) is 20.0 Å². The van der Waals surface area contributed by atoms with Gasteiger partial charge in [0.25, 0.3) is 5.91 Å². The summed E-state index contributed by atoms with van der Waals surface area (Å²) in [5.74, 6) is 0.990. The number of fused-ring (bicyclic) bond motifs is 1. The molecule has 0 saturated heterocycles. The topological polar surface area (TPSA) is 99.4 Å². The number of methoxy groups -OCH3 is 2. The van der Waals surface area contributed by atoms with E-state index in [0.717, 1.165) is 16.9 Å². The first-order valence-electron chi connectivity index (χ1n) is 9.20. The number of benzene rings is 2. The lowest BCUT2D eigenvalue weighted by molar-refractivity contribution is 0.0947. The van der Waals surface area contributed by atoms with Gasteiger partial charge in [-0.05, 0) is 29.3 Å². The summed E-state index contributed by atoms with van der Waals surface area (Å²) in [7, 11) is 3.13. The number of rotatable bonds is 6. The van der Waals surface area contributed by atoms with Crippen molar-refractivity contribution in [1.29, 1.82) is 0 Å². The van der Waals surface area contributed by atoms with Crippen molar-refractivity contribution in [2.24, 2.45) is 0 Å².